The third kappa shape index (κ3) is 5.53. The summed E-state index contributed by atoms with van der Waals surface area (Å²) in [5.74, 6) is 0.353. The summed E-state index contributed by atoms with van der Waals surface area (Å²) in [4.78, 5) is 14.1. The third-order valence-corrected chi connectivity index (χ3v) is 3.82. The van der Waals surface area contributed by atoms with E-state index < -0.39 is 0 Å². The average molecular weight is 242 g/mol. The van der Waals surface area contributed by atoms with Gasteiger partial charge in [0.15, 0.2) is 0 Å². The molecular weight excluding hydrogens is 212 g/mol. The first-order valence-electron chi connectivity index (χ1n) is 6.75. The maximum absolute atomic E-state index is 12.2. The van der Waals surface area contributed by atoms with Gasteiger partial charge in [-0.15, -0.1) is 0 Å². The highest BCUT2D eigenvalue weighted by Crippen LogP contribution is 2.21. The molecule has 0 fully saturated rings. The van der Waals surface area contributed by atoms with Crippen LogP contribution in [0.5, 0.6) is 0 Å². The van der Waals surface area contributed by atoms with Gasteiger partial charge in [0.1, 0.15) is 0 Å². The van der Waals surface area contributed by atoms with Crippen molar-refractivity contribution in [3.8, 4) is 0 Å². The minimum atomic E-state index is -0.0491. The van der Waals surface area contributed by atoms with Crippen molar-refractivity contribution in [2.75, 3.05) is 7.05 Å². The number of hydrogen-bond donors (Lipinski definition) is 1. The van der Waals surface area contributed by atoms with Crippen LogP contribution in [0.1, 0.15) is 60.3 Å². The highest BCUT2D eigenvalue weighted by Gasteiger charge is 2.28. The van der Waals surface area contributed by atoms with Crippen LogP contribution >= 0.6 is 0 Å². The van der Waals surface area contributed by atoms with E-state index in [1.807, 2.05) is 25.8 Å². The molecule has 0 radical (unpaired) electrons. The fraction of sp³-hybridized carbons (Fsp3) is 0.929. The average Bonchev–Trinajstić information content (AvgIpc) is 2.26. The van der Waals surface area contributed by atoms with Gasteiger partial charge in [-0.05, 0) is 40.0 Å². The lowest BCUT2D eigenvalue weighted by molar-refractivity contribution is -0.138. The van der Waals surface area contributed by atoms with Crippen molar-refractivity contribution in [1.82, 2.24) is 4.90 Å². The number of rotatable bonds is 7. The van der Waals surface area contributed by atoms with E-state index >= 15 is 0 Å². The molecule has 0 aromatic heterocycles. The molecule has 0 spiro atoms. The zero-order valence-corrected chi connectivity index (χ0v) is 12.4. The van der Waals surface area contributed by atoms with Gasteiger partial charge in [-0.3, -0.25) is 4.79 Å². The molecule has 0 heterocycles. The molecule has 0 rings (SSSR count). The van der Waals surface area contributed by atoms with Gasteiger partial charge in [-0.25, -0.2) is 0 Å². The number of carbonyl (C=O) groups is 1. The number of nitrogens with two attached hydrogens (primary N) is 1. The van der Waals surface area contributed by atoms with Gasteiger partial charge < -0.3 is 10.6 Å². The Labute approximate surface area is 107 Å². The van der Waals surface area contributed by atoms with Gasteiger partial charge in [-0.1, -0.05) is 20.3 Å². The van der Waals surface area contributed by atoms with Crippen molar-refractivity contribution in [3.63, 3.8) is 0 Å². The third-order valence-electron chi connectivity index (χ3n) is 3.82. The molecule has 0 aromatic carbocycles. The Morgan fingerprint density at radius 1 is 1.29 bits per heavy atom. The Balaban J connectivity index is 4.21. The summed E-state index contributed by atoms with van der Waals surface area (Å²) in [6.45, 7) is 10.4. The minimum Gasteiger partial charge on any atom is -0.340 e. The van der Waals surface area contributed by atoms with E-state index in [1.165, 1.54) is 0 Å². The monoisotopic (exact) mass is 242 g/mol. The van der Waals surface area contributed by atoms with E-state index in [1.54, 1.807) is 0 Å². The molecule has 0 aromatic rings. The highest BCUT2D eigenvalue weighted by molar-refractivity contribution is 5.78. The quantitative estimate of drug-likeness (QED) is 0.746. The van der Waals surface area contributed by atoms with Gasteiger partial charge in [0, 0.05) is 24.5 Å². The van der Waals surface area contributed by atoms with Crippen LogP contribution in [0.15, 0.2) is 0 Å². The number of hydrogen-bond acceptors (Lipinski definition) is 2. The first-order chi connectivity index (χ1) is 7.72. The summed E-state index contributed by atoms with van der Waals surface area (Å²) >= 11 is 0. The Hall–Kier alpha value is -0.570. The Bertz CT molecular complexity index is 236. The molecule has 17 heavy (non-hydrogen) atoms. The summed E-state index contributed by atoms with van der Waals surface area (Å²) in [5, 5.41) is 0. The van der Waals surface area contributed by atoms with Crippen molar-refractivity contribution in [2.45, 2.75) is 71.9 Å². The minimum absolute atomic E-state index is 0.0491. The summed E-state index contributed by atoms with van der Waals surface area (Å²) in [7, 11) is 1.91. The smallest absolute Gasteiger partial charge is 0.225 e. The van der Waals surface area contributed by atoms with Crippen LogP contribution in [0.4, 0.5) is 0 Å². The molecule has 3 nitrogen and oxygen atoms in total. The molecule has 0 aliphatic rings. The van der Waals surface area contributed by atoms with Crippen LogP contribution in [0, 0.1) is 5.92 Å². The molecule has 102 valence electrons. The predicted molar refractivity (Wildman–Crippen MR) is 73.8 cm³/mol. The molecule has 0 aliphatic carbocycles. The summed E-state index contributed by atoms with van der Waals surface area (Å²) in [5.41, 5.74) is 5.66. The molecule has 2 atom stereocenters. The van der Waals surface area contributed by atoms with Crippen LogP contribution in [-0.2, 0) is 4.79 Å². The zero-order chi connectivity index (χ0) is 13.6. The van der Waals surface area contributed by atoms with Gasteiger partial charge >= 0.3 is 0 Å². The van der Waals surface area contributed by atoms with Crippen LogP contribution in [0.25, 0.3) is 0 Å². The molecular formula is C14H30N2O. The molecule has 1 amide bonds. The lowest BCUT2D eigenvalue weighted by Crippen LogP contribution is -2.46. The standard InChI is InChI=1S/C14H30N2O/c1-7-14(4,5)16(6)13(17)11(2)9-8-10-12(3)15/h11-12H,7-10,15H2,1-6H3. The van der Waals surface area contributed by atoms with E-state index in [0.717, 1.165) is 25.7 Å². The maximum atomic E-state index is 12.2. The Morgan fingerprint density at radius 3 is 2.24 bits per heavy atom. The lowest BCUT2D eigenvalue weighted by atomic mass is 9.95. The van der Waals surface area contributed by atoms with Crippen molar-refractivity contribution in [2.24, 2.45) is 11.7 Å². The number of nitrogens with zero attached hydrogens (tertiary/aromatic N) is 1. The second-order valence-electron chi connectivity index (χ2n) is 5.87. The summed E-state index contributed by atoms with van der Waals surface area (Å²) < 4.78 is 0. The van der Waals surface area contributed by atoms with Crippen molar-refractivity contribution in [3.05, 3.63) is 0 Å². The van der Waals surface area contributed by atoms with Crippen molar-refractivity contribution in [1.29, 1.82) is 0 Å². The summed E-state index contributed by atoms with van der Waals surface area (Å²) in [6, 6.07) is 0.238. The van der Waals surface area contributed by atoms with E-state index in [-0.39, 0.29) is 23.4 Å². The fourth-order valence-electron chi connectivity index (χ4n) is 1.74. The molecule has 2 N–H and O–H groups in total. The maximum Gasteiger partial charge on any atom is 0.225 e. The van der Waals surface area contributed by atoms with Gasteiger partial charge in [0.2, 0.25) is 5.91 Å². The zero-order valence-electron chi connectivity index (χ0n) is 12.4. The van der Waals surface area contributed by atoms with E-state index in [2.05, 4.69) is 20.8 Å². The van der Waals surface area contributed by atoms with Crippen LogP contribution in [0.3, 0.4) is 0 Å². The SMILES string of the molecule is CCC(C)(C)N(C)C(=O)C(C)CCCC(C)N. The molecule has 0 saturated carbocycles. The fourth-order valence-corrected chi connectivity index (χ4v) is 1.74. The largest absolute Gasteiger partial charge is 0.340 e. The predicted octanol–water partition coefficient (Wildman–Crippen LogP) is 2.79. The van der Waals surface area contributed by atoms with Gasteiger partial charge in [0.25, 0.3) is 0 Å². The Kier molecular flexibility index (Phi) is 6.76. The van der Waals surface area contributed by atoms with Crippen LogP contribution in [0.2, 0.25) is 0 Å². The molecule has 3 heteroatoms. The topological polar surface area (TPSA) is 46.3 Å². The van der Waals surface area contributed by atoms with Crippen LogP contribution in [-0.4, -0.2) is 29.4 Å². The van der Waals surface area contributed by atoms with E-state index in [9.17, 15) is 4.79 Å². The number of carbonyl (C=O) groups excluding carboxylic acids is 1. The second kappa shape index (κ2) is 7.00. The first kappa shape index (κ1) is 16.4. The summed E-state index contributed by atoms with van der Waals surface area (Å²) in [6.07, 6.45) is 3.94. The molecule has 0 saturated heterocycles. The van der Waals surface area contributed by atoms with Crippen molar-refractivity contribution < 1.29 is 4.79 Å². The van der Waals surface area contributed by atoms with Gasteiger partial charge in [-0.2, -0.15) is 0 Å². The van der Waals surface area contributed by atoms with Gasteiger partial charge in [0.05, 0.1) is 0 Å². The van der Waals surface area contributed by atoms with E-state index in [0.29, 0.717) is 0 Å². The Morgan fingerprint density at radius 2 is 1.82 bits per heavy atom. The number of amides is 1. The molecule has 0 bridgehead atoms. The molecule has 2 unspecified atom stereocenters. The van der Waals surface area contributed by atoms with Crippen molar-refractivity contribution >= 4 is 5.91 Å². The lowest BCUT2D eigenvalue weighted by Gasteiger charge is -2.36. The molecule has 0 aliphatic heterocycles. The normalized spacial score (nSPS) is 15.5. The van der Waals surface area contributed by atoms with Crippen LogP contribution < -0.4 is 5.73 Å². The first-order valence-corrected chi connectivity index (χ1v) is 6.75. The second-order valence-corrected chi connectivity index (χ2v) is 5.87. The highest BCUT2D eigenvalue weighted by atomic mass is 16.2. The van der Waals surface area contributed by atoms with E-state index in [4.69, 9.17) is 5.73 Å².